The molecule has 0 radical (unpaired) electrons. The Morgan fingerprint density at radius 2 is 1.36 bits per heavy atom. The molecular formula is C20H38N2. The highest BCUT2D eigenvalue weighted by atomic mass is 15.4. The van der Waals surface area contributed by atoms with Crippen molar-refractivity contribution in [3.05, 3.63) is 0 Å². The number of rotatable bonds is 2. The van der Waals surface area contributed by atoms with E-state index in [0.29, 0.717) is 11.0 Å². The molecule has 3 heterocycles. The van der Waals surface area contributed by atoms with Crippen molar-refractivity contribution in [2.45, 2.75) is 91.3 Å². The molecule has 22 heavy (non-hydrogen) atoms. The number of hydrogen-bond donors (Lipinski definition) is 0. The molecule has 2 nitrogen and oxygen atoms in total. The lowest BCUT2D eigenvalue weighted by molar-refractivity contribution is -0.122. The van der Waals surface area contributed by atoms with Gasteiger partial charge in [-0.2, -0.15) is 0 Å². The molecule has 4 fully saturated rings. The fraction of sp³-hybridized carbons (Fsp3) is 1.00. The van der Waals surface area contributed by atoms with Crippen molar-refractivity contribution in [3.8, 4) is 0 Å². The average molecular weight is 307 g/mol. The van der Waals surface area contributed by atoms with Gasteiger partial charge in [-0.1, -0.05) is 20.8 Å². The van der Waals surface area contributed by atoms with Gasteiger partial charge >= 0.3 is 0 Å². The van der Waals surface area contributed by atoms with E-state index in [0.717, 1.165) is 23.9 Å². The summed E-state index contributed by atoms with van der Waals surface area (Å²) in [6.45, 7) is 18.5. The van der Waals surface area contributed by atoms with Crippen molar-refractivity contribution in [1.82, 2.24) is 9.80 Å². The first kappa shape index (κ1) is 16.8. The van der Waals surface area contributed by atoms with Crippen LogP contribution >= 0.6 is 0 Å². The average Bonchev–Trinajstić information content (AvgIpc) is 2.36. The van der Waals surface area contributed by atoms with E-state index in [1.54, 1.807) is 0 Å². The molecule has 2 atom stereocenters. The summed E-state index contributed by atoms with van der Waals surface area (Å²) < 4.78 is 0. The second-order valence-corrected chi connectivity index (χ2v) is 10.4. The Bertz CT molecular complexity index is 369. The Morgan fingerprint density at radius 1 is 0.818 bits per heavy atom. The monoisotopic (exact) mass is 306 g/mol. The number of fused-ring (bicyclic) bond motifs is 2. The van der Waals surface area contributed by atoms with Crippen LogP contribution in [0.2, 0.25) is 0 Å². The Kier molecular flexibility index (Phi) is 4.40. The third kappa shape index (κ3) is 3.38. The van der Waals surface area contributed by atoms with Gasteiger partial charge in [0.05, 0.1) is 0 Å². The Hall–Kier alpha value is -0.0800. The number of piperazine rings is 1. The lowest BCUT2D eigenvalue weighted by Crippen LogP contribution is -2.73. The van der Waals surface area contributed by atoms with Gasteiger partial charge in [0.2, 0.25) is 0 Å². The second-order valence-electron chi connectivity index (χ2n) is 10.4. The van der Waals surface area contributed by atoms with E-state index in [4.69, 9.17) is 0 Å². The molecule has 0 aromatic rings. The molecule has 3 aliphatic heterocycles. The van der Waals surface area contributed by atoms with Crippen LogP contribution in [0.3, 0.4) is 0 Å². The number of piperidine rings is 1. The topological polar surface area (TPSA) is 6.48 Å². The minimum Gasteiger partial charge on any atom is -0.300 e. The molecule has 0 spiro atoms. The summed E-state index contributed by atoms with van der Waals surface area (Å²) >= 11 is 0. The molecule has 2 bridgehead atoms. The maximum Gasteiger partial charge on any atom is 0.0247 e. The van der Waals surface area contributed by atoms with Crippen LogP contribution < -0.4 is 0 Å². The minimum absolute atomic E-state index is 0.366. The van der Waals surface area contributed by atoms with E-state index in [1.807, 2.05) is 0 Å². The molecule has 1 saturated carbocycles. The molecule has 0 N–H and O–H groups in total. The van der Waals surface area contributed by atoms with Crippen LogP contribution in [-0.4, -0.2) is 47.1 Å². The van der Waals surface area contributed by atoms with Crippen LogP contribution in [-0.2, 0) is 0 Å². The molecule has 4 rings (SSSR count). The quantitative estimate of drug-likeness (QED) is 0.746. The van der Waals surface area contributed by atoms with E-state index in [9.17, 15) is 0 Å². The molecule has 0 amide bonds. The first-order chi connectivity index (χ1) is 10.1. The van der Waals surface area contributed by atoms with Gasteiger partial charge < -0.3 is 0 Å². The minimum atomic E-state index is 0.366. The Balaban J connectivity index is 1.45. The zero-order valence-corrected chi connectivity index (χ0v) is 15.9. The smallest absolute Gasteiger partial charge is 0.0247 e. The van der Waals surface area contributed by atoms with Crippen molar-refractivity contribution >= 4 is 0 Å². The summed E-state index contributed by atoms with van der Waals surface area (Å²) in [6.07, 6.45) is 7.31. The summed E-state index contributed by atoms with van der Waals surface area (Å²) in [5.74, 6) is 1.93. The lowest BCUT2D eigenvalue weighted by atomic mass is 9.69. The third-order valence-electron chi connectivity index (χ3n) is 6.63. The number of hydrogen-bond acceptors (Lipinski definition) is 2. The zero-order chi connectivity index (χ0) is 16.1. The summed E-state index contributed by atoms with van der Waals surface area (Å²) in [5, 5.41) is 0. The SMILES string of the molecule is CC(C)(C)C1CCC(CN2CC3CC(C2)N3C(C)(C)C)CC1. The highest BCUT2D eigenvalue weighted by Gasteiger charge is 2.49. The normalized spacial score (nSPS) is 37.9. The van der Waals surface area contributed by atoms with Crippen LogP contribution in [0.25, 0.3) is 0 Å². The summed E-state index contributed by atoms with van der Waals surface area (Å²) in [7, 11) is 0. The fourth-order valence-corrected chi connectivity index (χ4v) is 5.52. The summed E-state index contributed by atoms with van der Waals surface area (Å²) in [6, 6.07) is 1.68. The van der Waals surface area contributed by atoms with Crippen LogP contribution in [0.4, 0.5) is 0 Å². The zero-order valence-electron chi connectivity index (χ0n) is 15.9. The van der Waals surface area contributed by atoms with Gasteiger partial charge in [0.15, 0.2) is 0 Å². The van der Waals surface area contributed by atoms with Gasteiger partial charge in [-0.3, -0.25) is 9.80 Å². The van der Waals surface area contributed by atoms with E-state index >= 15 is 0 Å². The molecule has 2 heteroatoms. The fourth-order valence-electron chi connectivity index (χ4n) is 5.52. The van der Waals surface area contributed by atoms with E-state index in [2.05, 4.69) is 51.3 Å². The van der Waals surface area contributed by atoms with Crippen LogP contribution in [0.1, 0.15) is 73.6 Å². The molecule has 0 aromatic heterocycles. The molecule has 3 saturated heterocycles. The third-order valence-corrected chi connectivity index (χ3v) is 6.63. The Morgan fingerprint density at radius 3 is 1.82 bits per heavy atom. The van der Waals surface area contributed by atoms with Crippen LogP contribution in [0.15, 0.2) is 0 Å². The van der Waals surface area contributed by atoms with Crippen molar-refractivity contribution < 1.29 is 0 Å². The van der Waals surface area contributed by atoms with Crippen molar-refractivity contribution in [1.29, 1.82) is 0 Å². The maximum absolute atomic E-state index is 2.79. The van der Waals surface area contributed by atoms with Crippen LogP contribution in [0.5, 0.6) is 0 Å². The lowest BCUT2D eigenvalue weighted by Gasteiger charge is -2.62. The van der Waals surface area contributed by atoms with Gasteiger partial charge in [-0.05, 0) is 70.1 Å². The molecule has 1 aliphatic carbocycles. The van der Waals surface area contributed by atoms with Gasteiger partial charge in [0.1, 0.15) is 0 Å². The van der Waals surface area contributed by atoms with Gasteiger partial charge in [-0.25, -0.2) is 0 Å². The van der Waals surface area contributed by atoms with Gasteiger partial charge in [-0.15, -0.1) is 0 Å². The maximum atomic E-state index is 2.79. The summed E-state index contributed by atoms with van der Waals surface area (Å²) in [5.41, 5.74) is 0.884. The largest absolute Gasteiger partial charge is 0.300 e. The second kappa shape index (κ2) is 5.77. The summed E-state index contributed by atoms with van der Waals surface area (Å²) in [4.78, 5) is 5.57. The predicted molar refractivity (Wildman–Crippen MR) is 95.1 cm³/mol. The predicted octanol–water partition coefficient (Wildman–Crippen LogP) is 4.40. The Labute approximate surface area is 138 Å². The van der Waals surface area contributed by atoms with E-state index in [1.165, 1.54) is 51.7 Å². The number of nitrogens with zero attached hydrogens (tertiary/aromatic N) is 2. The first-order valence-corrected chi connectivity index (χ1v) is 9.65. The molecule has 0 aromatic carbocycles. The molecule has 4 aliphatic rings. The molecular weight excluding hydrogens is 268 g/mol. The van der Waals surface area contributed by atoms with Crippen molar-refractivity contribution in [2.75, 3.05) is 19.6 Å². The van der Waals surface area contributed by atoms with Gasteiger partial charge in [0, 0.05) is 37.3 Å². The highest BCUT2D eigenvalue weighted by Crippen LogP contribution is 2.42. The van der Waals surface area contributed by atoms with Crippen LogP contribution in [0, 0.1) is 17.3 Å². The highest BCUT2D eigenvalue weighted by molar-refractivity contribution is 5.05. The van der Waals surface area contributed by atoms with Crippen molar-refractivity contribution in [3.63, 3.8) is 0 Å². The molecule has 128 valence electrons. The molecule has 2 unspecified atom stereocenters. The van der Waals surface area contributed by atoms with E-state index < -0.39 is 0 Å². The standard InChI is InChI=1S/C20H38N2/c1-19(2,3)16-9-7-15(8-10-16)12-21-13-17-11-18(14-21)22(17)20(4,5)6/h15-18H,7-14H2,1-6H3. The van der Waals surface area contributed by atoms with Gasteiger partial charge in [0.25, 0.3) is 0 Å². The first-order valence-electron chi connectivity index (χ1n) is 9.65. The van der Waals surface area contributed by atoms with E-state index in [-0.39, 0.29) is 0 Å². The van der Waals surface area contributed by atoms with Crippen molar-refractivity contribution in [2.24, 2.45) is 17.3 Å².